The molecule has 1 N–H and O–H groups in total. The maximum atomic E-state index is 12.3. The first-order valence-electron chi connectivity index (χ1n) is 8.74. The molecule has 0 amide bonds. The van der Waals surface area contributed by atoms with Crippen LogP contribution in [-0.2, 0) is 9.47 Å². The van der Waals surface area contributed by atoms with E-state index in [9.17, 15) is 9.90 Å². The average molecular weight is 383 g/mol. The fraction of sp³-hybridized carbons (Fsp3) is 0.273. The van der Waals surface area contributed by atoms with E-state index >= 15 is 0 Å². The molecule has 0 aliphatic carbocycles. The highest BCUT2D eigenvalue weighted by Crippen LogP contribution is 2.22. The second-order valence-electron chi connectivity index (χ2n) is 6.31. The second kappa shape index (κ2) is 9.71. The smallest absolute Gasteiger partial charge is 0.338 e. The zero-order chi connectivity index (χ0) is 20.7. The Bertz CT molecular complexity index is 888. The molecule has 1 unspecified atom stereocenters. The molecule has 6 heteroatoms. The van der Waals surface area contributed by atoms with E-state index in [1.165, 1.54) is 0 Å². The number of aromatic nitrogens is 1. The number of aryl methyl sites for hydroxylation is 1. The molecule has 0 saturated heterocycles. The van der Waals surface area contributed by atoms with Crippen molar-refractivity contribution in [3.63, 3.8) is 0 Å². The Balaban J connectivity index is 2.22. The number of carbonyl (C=O) groups is 1. The third kappa shape index (κ3) is 5.44. The first-order chi connectivity index (χ1) is 13.3. The van der Waals surface area contributed by atoms with Gasteiger partial charge in [-0.05, 0) is 43.2 Å². The van der Waals surface area contributed by atoms with Crippen LogP contribution in [0.15, 0.2) is 48.6 Å². The van der Waals surface area contributed by atoms with Crippen LogP contribution in [0, 0.1) is 6.92 Å². The number of hydrogen-bond donors (Lipinski definition) is 1. The number of ether oxygens (including phenoxy) is 3. The van der Waals surface area contributed by atoms with Gasteiger partial charge in [0, 0.05) is 17.7 Å². The number of methoxy groups -OCH3 is 2. The molecule has 0 spiro atoms. The van der Waals surface area contributed by atoms with Gasteiger partial charge in [0.15, 0.2) is 0 Å². The minimum atomic E-state index is -0.873. The molecule has 148 valence electrons. The van der Waals surface area contributed by atoms with Crippen LogP contribution in [-0.4, -0.2) is 43.0 Å². The minimum Gasteiger partial charge on any atom is -0.496 e. The summed E-state index contributed by atoms with van der Waals surface area (Å²) in [7, 11) is 3.13. The van der Waals surface area contributed by atoms with E-state index in [2.05, 4.69) is 11.6 Å². The summed E-state index contributed by atoms with van der Waals surface area (Å²) in [6.45, 7) is 7.00. The topological polar surface area (TPSA) is 77.9 Å². The van der Waals surface area contributed by atoms with Gasteiger partial charge in [0.2, 0.25) is 5.88 Å². The summed E-state index contributed by atoms with van der Waals surface area (Å²) in [5.41, 5.74) is 3.18. The molecule has 0 bridgehead atoms. The maximum Gasteiger partial charge on any atom is 0.338 e. The predicted molar refractivity (Wildman–Crippen MR) is 108 cm³/mol. The summed E-state index contributed by atoms with van der Waals surface area (Å²) in [6, 6.07) is 10.7. The Morgan fingerprint density at radius 2 is 2.04 bits per heavy atom. The fourth-order valence-electron chi connectivity index (χ4n) is 2.44. The average Bonchev–Trinajstić information content (AvgIpc) is 2.69. The molecule has 1 atom stereocenters. The van der Waals surface area contributed by atoms with Gasteiger partial charge in [0.1, 0.15) is 18.5 Å². The normalized spacial score (nSPS) is 12.2. The Hall–Kier alpha value is -3.12. The van der Waals surface area contributed by atoms with Gasteiger partial charge in [-0.25, -0.2) is 9.78 Å². The Morgan fingerprint density at radius 3 is 2.64 bits per heavy atom. The number of hydrogen-bond acceptors (Lipinski definition) is 6. The Morgan fingerprint density at radius 1 is 1.29 bits per heavy atom. The summed E-state index contributed by atoms with van der Waals surface area (Å²) in [6.07, 6.45) is 0.917. The van der Waals surface area contributed by atoms with Crippen LogP contribution >= 0.6 is 0 Å². The Labute approximate surface area is 165 Å². The van der Waals surface area contributed by atoms with Crippen LogP contribution in [0.2, 0.25) is 0 Å². The molecule has 1 aromatic heterocycles. The summed E-state index contributed by atoms with van der Waals surface area (Å²) in [5, 5.41) is 9.70. The number of rotatable bonds is 8. The van der Waals surface area contributed by atoms with E-state index in [-0.39, 0.29) is 6.61 Å². The van der Waals surface area contributed by atoms with Crippen LogP contribution in [0.3, 0.4) is 0 Å². The standard InChI is InChI=1S/C22H25NO5/c1-14(2)19(24)13-28-22(25)18-10-9-16(11-15(18)3)20(26-4)12-17-7-6-8-21(23-17)27-5/h6-12,19,24H,1,13H2,2-5H3/b20-12+. The first kappa shape index (κ1) is 21.2. The van der Waals surface area contributed by atoms with Crippen LogP contribution in [0.5, 0.6) is 5.88 Å². The molecule has 6 nitrogen and oxygen atoms in total. The van der Waals surface area contributed by atoms with Crippen molar-refractivity contribution < 1.29 is 24.1 Å². The summed E-state index contributed by atoms with van der Waals surface area (Å²) in [5.74, 6) is 0.610. The van der Waals surface area contributed by atoms with Crippen molar-refractivity contribution >= 4 is 17.8 Å². The third-order valence-corrected chi connectivity index (χ3v) is 4.13. The maximum absolute atomic E-state index is 12.3. The molecule has 0 aliphatic heterocycles. The largest absolute Gasteiger partial charge is 0.496 e. The van der Waals surface area contributed by atoms with Crippen molar-refractivity contribution in [2.75, 3.05) is 20.8 Å². The van der Waals surface area contributed by atoms with E-state index in [1.807, 2.05) is 25.1 Å². The monoisotopic (exact) mass is 383 g/mol. The molecule has 0 fully saturated rings. The molecular weight excluding hydrogens is 358 g/mol. The van der Waals surface area contributed by atoms with Gasteiger partial charge in [-0.1, -0.05) is 18.7 Å². The zero-order valence-corrected chi connectivity index (χ0v) is 16.6. The highest BCUT2D eigenvalue weighted by molar-refractivity contribution is 5.92. The van der Waals surface area contributed by atoms with Crippen molar-refractivity contribution in [2.45, 2.75) is 20.0 Å². The summed E-state index contributed by atoms with van der Waals surface area (Å²) >= 11 is 0. The van der Waals surface area contributed by atoms with Crippen molar-refractivity contribution in [1.82, 2.24) is 4.98 Å². The third-order valence-electron chi connectivity index (χ3n) is 4.13. The lowest BCUT2D eigenvalue weighted by Gasteiger charge is -2.13. The van der Waals surface area contributed by atoms with Gasteiger partial charge < -0.3 is 19.3 Å². The summed E-state index contributed by atoms with van der Waals surface area (Å²) < 4.78 is 15.8. The molecule has 0 radical (unpaired) electrons. The lowest BCUT2D eigenvalue weighted by atomic mass is 10.0. The van der Waals surface area contributed by atoms with Crippen molar-refractivity contribution in [1.29, 1.82) is 0 Å². The van der Waals surface area contributed by atoms with Crippen molar-refractivity contribution in [3.05, 3.63) is 70.9 Å². The number of aliphatic hydroxyl groups excluding tert-OH is 1. The number of esters is 1. The first-order valence-corrected chi connectivity index (χ1v) is 8.74. The van der Waals surface area contributed by atoms with E-state index in [0.717, 1.165) is 11.1 Å². The number of nitrogens with zero attached hydrogens (tertiary/aromatic N) is 1. The highest BCUT2D eigenvalue weighted by atomic mass is 16.5. The lowest BCUT2D eigenvalue weighted by molar-refractivity contribution is 0.0327. The van der Waals surface area contributed by atoms with Gasteiger partial charge >= 0.3 is 5.97 Å². The second-order valence-corrected chi connectivity index (χ2v) is 6.31. The quantitative estimate of drug-likeness (QED) is 0.426. The summed E-state index contributed by atoms with van der Waals surface area (Å²) in [4.78, 5) is 16.6. The fourth-order valence-corrected chi connectivity index (χ4v) is 2.44. The van der Waals surface area contributed by atoms with Gasteiger partial charge in [-0.15, -0.1) is 0 Å². The zero-order valence-electron chi connectivity index (χ0n) is 16.6. The molecule has 1 aromatic carbocycles. The Kier molecular flexibility index (Phi) is 7.35. The molecule has 0 saturated carbocycles. The number of pyridine rings is 1. The van der Waals surface area contributed by atoms with Gasteiger partial charge in [0.25, 0.3) is 0 Å². The molecular formula is C22H25NO5. The van der Waals surface area contributed by atoms with E-state index < -0.39 is 12.1 Å². The van der Waals surface area contributed by atoms with Crippen LogP contribution in [0.25, 0.3) is 11.8 Å². The van der Waals surface area contributed by atoms with E-state index in [0.29, 0.717) is 28.5 Å². The highest BCUT2D eigenvalue weighted by Gasteiger charge is 2.15. The lowest BCUT2D eigenvalue weighted by Crippen LogP contribution is -2.19. The van der Waals surface area contributed by atoms with Gasteiger partial charge in [-0.3, -0.25) is 0 Å². The number of benzene rings is 1. The molecule has 2 rings (SSSR count). The number of carbonyl (C=O) groups excluding carboxylic acids is 1. The molecule has 1 heterocycles. The predicted octanol–water partition coefficient (Wildman–Crippen LogP) is 3.64. The SMILES string of the molecule is C=C(C)C(O)COC(=O)c1ccc(/C(=C\c2cccc(OC)n2)OC)cc1C. The minimum absolute atomic E-state index is 0.125. The van der Waals surface area contributed by atoms with Crippen LogP contribution < -0.4 is 4.74 Å². The van der Waals surface area contributed by atoms with Gasteiger partial charge in [0.05, 0.1) is 25.5 Å². The van der Waals surface area contributed by atoms with Crippen molar-refractivity contribution in [3.8, 4) is 5.88 Å². The molecule has 28 heavy (non-hydrogen) atoms. The van der Waals surface area contributed by atoms with Crippen molar-refractivity contribution in [2.24, 2.45) is 0 Å². The van der Waals surface area contributed by atoms with Crippen LogP contribution in [0.4, 0.5) is 0 Å². The molecule has 2 aromatic rings. The molecule has 0 aliphatic rings. The van der Waals surface area contributed by atoms with Crippen LogP contribution in [0.1, 0.15) is 34.1 Å². The van der Waals surface area contributed by atoms with E-state index in [4.69, 9.17) is 14.2 Å². The van der Waals surface area contributed by atoms with E-state index in [1.54, 1.807) is 45.4 Å². The number of aliphatic hydroxyl groups is 1. The van der Waals surface area contributed by atoms with Gasteiger partial charge in [-0.2, -0.15) is 0 Å².